The Balaban J connectivity index is 2.22. The maximum atomic E-state index is 12.2. The van der Waals surface area contributed by atoms with Gasteiger partial charge in [0.15, 0.2) is 0 Å². The molecule has 6 heteroatoms. The Labute approximate surface area is 117 Å². The molecular weight excluding hydrogens is 260 g/mol. The number of ether oxygens (including phenoxy) is 2. The highest BCUT2D eigenvalue weighted by molar-refractivity contribution is 6.00. The molecule has 0 aromatic heterocycles. The van der Waals surface area contributed by atoms with E-state index in [2.05, 4.69) is 5.32 Å². The second-order valence-corrected chi connectivity index (χ2v) is 4.88. The summed E-state index contributed by atoms with van der Waals surface area (Å²) in [5.74, 6) is -0.745. The van der Waals surface area contributed by atoms with E-state index in [9.17, 15) is 9.59 Å². The molecule has 108 valence electrons. The van der Waals surface area contributed by atoms with Gasteiger partial charge in [-0.2, -0.15) is 0 Å². The van der Waals surface area contributed by atoms with Crippen LogP contribution >= 0.6 is 0 Å². The van der Waals surface area contributed by atoms with Crippen LogP contribution in [0.25, 0.3) is 0 Å². The van der Waals surface area contributed by atoms with Gasteiger partial charge >= 0.3 is 5.97 Å². The Morgan fingerprint density at radius 1 is 1.45 bits per heavy atom. The zero-order valence-electron chi connectivity index (χ0n) is 11.6. The van der Waals surface area contributed by atoms with Crippen LogP contribution in [0.2, 0.25) is 0 Å². The molecule has 1 saturated heterocycles. The first-order chi connectivity index (χ1) is 9.48. The van der Waals surface area contributed by atoms with Gasteiger partial charge < -0.3 is 20.5 Å². The van der Waals surface area contributed by atoms with Crippen LogP contribution in [-0.2, 0) is 14.3 Å². The molecule has 0 bridgehead atoms. The Kier molecular flexibility index (Phi) is 4.06. The number of carbonyl (C=O) groups is 2. The number of hydrogen-bond acceptors (Lipinski definition) is 5. The summed E-state index contributed by atoms with van der Waals surface area (Å²) in [6.45, 7) is 2.43. The summed E-state index contributed by atoms with van der Waals surface area (Å²) in [5.41, 5.74) is 6.60. The van der Waals surface area contributed by atoms with Gasteiger partial charge in [-0.15, -0.1) is 0 Å². The molecule has 3 N–H and O–H groups in total. The van der Waals surface area contributed by atoms with Crippen LogP contribution in [0, 0.1) is 6.92 Å². The van der Waals surface area contributed by atoms with Crippen molar-refractivity contribution in [2.75, 3.05) is 25.6 Å². The van der Waals surface area contributed by atoms with Crippen LogP contribution in [0.4, 0.5) is 5.69 Å². The molecule has 0 spiro atoms. The highest BCUT2D eigenvalue weighted by Gasteiger charge is 2.38. The van der Waals surface area contributed by atoms with Gasteiger partial charge in [0.25, 0.3) is 0 Å². The number of esters is 1. The van der Waals surface area contributed by atoms with E-state index in [0.29, 0.717) is 29.8 Å². The van der Waals surface area contributed by atoms with Crippen molar-refractivity contribution < 1.29 is 19.1 Å². The lowest BCUT2D eigenvalue weighted by molar-refractivity contribution is -0.121. The second-order valence-electron chi connectivity index (χ2n) is 4.88. The van der Waals surface area contributed by atoms with Gasteiger partial charge in [0.1, 0.15) is 5.54 Å². The number of benzene rings is 1. The van der Waals surface area contributed by atoms with E-state index >= 15 is 0 Å². The van der Waals surface area contributed by atoms with Crippen LogP contribution in [0.5, 0.6) is 0 Å². The molecule has 20 heavy (non-hydrogen) atoms. The van der Waals surface area contributed by atoms with E-state index < -0.39 is 11.5 Å². The molecule has 1 amide bonds. The average molecular weight is 278 g/mol. The van der Waals surface area contributed by atoms with Crippen LogP contribution in [0.1, 0.15) is 22.3 Å². The maximum Gasteiger partial charge on any atom is 0.338 e. The highest BCUT2D eigenvalue weighted by atomic mass is 16.5. The Bertz CT molecular complexity index is 536. The molecule has 1 heterocycles. The van der Waals surface area contributed by atoms with Crippen molar-refractivity contribution in [1.82, 2.24) is 0 Å². The van der Waals surface area contributed by atoms with Crippen LogP contribution < -0.4 is 11.1 Å². The van der Waals surface area contributed by atoms with Gasteiger partial charge in [-0.1, -0.05) is 6.07 Å². The number of amides is 1. The lowest BCUT2D eigenvalue weighted by Crippen LogP contribution is -2.51. The van der Waals surface area contributed by atoms with Crippen molar-refractivity contribution in [3.8, 4) is 0 Å². The van der Waals surface area contributed by atoms with Gasteiger partial charge in [0, 0.05) is 12.3 Å². The van der Waals surface area contributed by atoms with Crippen molar-refractivity contribution in [3.05, 3.63) is 29.3 Å². The number of anilines is 1. The fraction of sp³-hybridized carbons (Fsp3) is 0.429. The fourth-order valence-electron chi connectivity index (χ4n) is 2.11. The molecule has 1 aliphatic rings. The number of nitrogens with one attached hydrogen (secondary N) is 1. The third kappa shape index (κ3) is 2.66. The molecule has 2 rings (SSSR count). The third-order valence-corrected chi connectivity index (χ3v) is 3.49. The first-order valence-corrected chi connectivity index (χ1v) is 6.34. The first-order valence-electron chi connectivity index (χ1n) is 6.34. The summed E-state index contributed by atoms with van der Waals surface area (Å²) in [6, 6.07) is 5.05. The molecular formula is C14H18N2O4. The van der Waals surface area contributed by atoms with Gasteiger partial charge in [-0.05, 0) is 31.0 Å². The topological polar surface area (TPSA) is 90.7 Å². The van der Waals surface area contributed by atoms with E-state index in [4.69, 9.17) is 15.2 Å². The van der Waals surface area contributed by atoms with Gasteiger partial charge in [-0.3, -0.25) is 4.79 Å². The molecule has 1 atom stereocenters. The molecule has 0 saturated carbocycles. The smallest absolute Gasteiger partial charge is 0.338 e. The van der Waals surface area contributed by atoms with Crippen LogP contribution in [-0.4, -0.2) is 37.7 Å². The first kappa shape index (κ1) is 14.5. The largest absolute Gasteiger partial charge is 0.465 e. The average Bonchev–Trinajstić information content (AvgIpc) is 2.88. The van der Waals surface area contributed by atoms with Crippen molar-refractivity contribution in [2.45, 2.75) is 18.9 Å². The number of methoxy groups -OCH3 is 1. The summed E-state index contributed by atoms with van der Waals surface area (Å²) < 4.78 is 9.87. The van der Waals surface area contributed by atoms with E-state index in [1.807, 2.05) is 0 Å². The quantitative estimate of drug-likeness (QED) is 0.799. The minimum absolute atomic E-state index is 0.203. The third-order valence-electron chi connectivity index (χ3n) is 3.49. The number of rotatable bonds is 3. The summed E-state index contributed by atoms with van der Waals surface area (Å²) in [6.07, 6.45) is 0.481. The molecule has 0 radical (unpaired) electrons. The molecule has 0 aliphatic carbocycles. The summed E-state index contributed by atoms with van der Waals surface area (Å²) in [7, 11) is 1.32. The lowest BCUT2D eigenvalue weighted by Gasteiger charge is -2.21. The number of carbonyl (C=O) groups excluding carboxylic acids is 2. The van der Waals surface area contributed by atoms with Crippen LogP contribution in [0.15, 0.2) is 18.2 Å². The zero-order chi connectivity index (χ0) is 14.8. The van der Waals surface area contributed by atoms with Gasteiger partial charge in [0.2, 0.25) is 5.91 Å². The molecule has 1 aliphatic heterocycles. The molecule has 6 nitrogen and oxygen atoms in total. The molecule has 1 aromatic carbocycles. The number of nitrogens with two attached hydrogens (primary N) is 1. The standard InChI is InChI=1S/C14H18N2O4/c1-9-10(12(17)19-2)4-3-5-11(9)16-13(18)14(15)6-7-20-8-14/h3-5H,6-8,15H2,1-2H3,(H,16,18). The summed E-state index contributed by atoms with van der Waals surface area (Å²) in [5, 5.41) is 2.76. The minimum atomic E-state index is -1.01. The second kappa shape index (κ2) is 5.60. The predicted octanol–water partition coefficient (Wildman–Crippen LogP) is 0.838. The van der Waals surface area contributed by atoms with Gasteiger partial charge in [0.05, 0.1) is 19.3 Å². The monoisotopic (exact) mass is 278 g/mol. The maximum absolute atomic E-state index is 12.2. The predicted molar refractivity (Wildman–Crippen MR) is 73.5 cm³/mol. The van der Waals surface area contributed by atoms with E-state index in [-0.39, 0.29) is 12.5 Å². The Morgan fingerprint density at radius 3 is 2.80 bits per heavy atom. The summed E-state index contributed by atoms with van der Waals surface area (Å²) in [4.78, 5) is 23.8. The van der Waals surface area contributed by atoms with E-state index in [1.54, 1.807) is 25.1 Å². The molecule has 1 fully saturated rings. The zero-order valence-corrected chi connectivity index (χ0v) is 11.6. The minimum Gasteiger partial charge on any atom is -0.465 e. The Hall–Kier alpha value is -1.92. The van der Waals surface area contributed by atoms with Crippen LogP contribution in [0.3, 0.4) is 0 Å². The van der Waals surface area contributed by atoms with Crippen molar-refractivity contribution in [1.29, 1.82) is 0 Å². The molecule has 1 unspecified atom stereocenters. The van der Waals surface area contributed by atoms with Gasteiger partial charge in [-0.25, -0.2) is 4.79 Å². The van der Waals surface area contributed by atoms with Crippen molar-refractivity contribution in [3.63, 3.8) is 0 Å². The lowest BCUT2D eigenvalue weighted by atomic mass is 9.98. The molecule has 1 aromatic rings. The van der Waals surface area contributed by atoms with Crippen molar-refractivity contribution in [2.24, 2.45) is 5.73 Å². The Morgan fingerprint density at radius 2 is 2.20 bits per heavy atom. The van der Waals surface area contributed by atoms with E-state index in [1.165, 1.54) is 7.11 Å². The number of hydrogen-bond donors (Lipinski definition) is 2. The SMILES string of the molecule is COC(=O)c1cccc(NC(=O)C2(N)CCOC2)c1C. The highest BCUT2D eigenvalue weighted by Crippen LogP contribution is 2.23. The normalized spacial score (nSPS) is 21.6. The van der Waals surface area contributed by atoms with Crippen molar-refractivity contribution >= 4 is 17.6 Å². The van der Waals surface area contributed by atoms with E-state index in [0.717, 1.165) is 0 Å². The summed E-state index contributed by atoms with van der Waals surface area (Å²) >= 11 is 0. The fourth-order valence-corrected chi connectivity index (χ4v) is 2.11.